The van der Waals surface area contributed by atoms with Crippen LogP contribution in [0.15, 0.2) is 0 Å². The highest BCUT2D eigenvalue weighted by atomic mass is 16.2. The molecular weight excluding hydrogens is 202 g/mol. The van der Waals surface area contributed by atoms with Crippen LogP contribution in [0.25, 0.3) is 0 Å². The summed E-state index contributed by atoms with van der Waals surface area (Å²) in [5.41, 5.74) is 0. The minimum absolute atomic E-state index is 0.0718. The Hall–Kier alpha value is -0.610. The second-order valence-corrected chi connectivity index (χ2v) is 4.84. The van der Waals surface area contributed by atoms with E-state index in [1.165, 1.54) is 13.0 Å². The van der Waals surface area contributed by atoms with Crippen molar-refractivity contribution in [2.75, 3.05) is 33.2 Å². The average molecular weight is 227 g/mol. The maximum atomic E-state index is 11.6. The molecule has 0 radical (unpaired) electrons. The third-order valence-electron chi connectivity index (χ3n) is 3.14. The summed E-state index contributed by atoms with van der Waals surface area (Å²) in [6, 6.07) is -0.0718. The molecule has 1 fully saturated rings. The van der Waals surface area contributed by atoms with Gasteiger partial charge in [-0.3, -0.25) is 4.79 Å². The fraction of sp³-hybridized carbons (Fsp3) is 0.917. The molecule has 1 aliphatic heterocycles. The SMILES string of the molecule is CCCNC(=O)C(C)NCC1CCN(C)C1. The lowest BCUT2D eigenvalue weighted by Gasteiger charge is -2.16. The van der Waals surface area contributed by atoms with Gasteiger partial charge in [0.25, 0.3) is 0 Å². The van der Waals surface area contributed by atoms with E-state index in [1.54, 1.807) is 0 Å². The molecule has 0 aromatic heterocycles. The fourth-order valence-electron chi connectivity index (χ4n) is 2.03. The molecule has 0 bridgehead atoms. The first-order valence-electron chi connectivity index (χ1n) is 6.33. The summed E-state index contributed by atoms with van der Waals surface area (Å²) in [7, 11) is 2.15. The lowest BCUT2D eigenvalue weighted by molar-refractivity contribution is -0.122. The van der Waals surface area contributed by atoms with Crippen molar-refractivity contribution < 1.29 is 4.79 Å². The van der Waals surface area contributed by atoms with Gasteiger partial charge >= 0.3 is 0 Å². The van der Waals surface area contributed by atoms with Crippen molar-refractivity contribution in [3.8, 4) is 0 Å². The van der Waals surface area contributed by atoms with Gasteiger partial charge in [-0.1, -0.05) is 6.92 Å². The van der Waals surface area contributed by atoms with E-state index < -0.39 is 0 Å². The van der Waals surface area contributed by atoms with Crippen LogP contribution in [0.1, 0.15) is 26.7 Å². The summed E-state index contributed by atoms with van der Waals surface area (Å²) in [5.74, 6) is 0.819. The van der Waals surface area contributed by atoms with E-state index in [2.05, 4.69) is 29.5 Å². The molecule has 0 aromatic carbocycles. The molecule has 0 aliphatic carbocycles. The number of carbonyl (C=O) groups is 1. The number of likely N-dealkylation sites (tertiary alicyclic amines) is 1. The van der Waals surface area contributed by atoms with Gasteiger partial charge in [-0.05, 0) is 45.8 Å². The van der Waals surface area contributed by atoms with Gasteiger partial charge < -0.3 is 15.5 Å². The first-order valence-corrected chi connectivity index (χ1v) is 6.33. The summed E-state index contributed by atoms with van der Waals surface area (Å²) >= 11 is 0. The molecule has 94 valence electrons. The van der Waals surface area contributed by atoms with Crippen LogP contribution in [0, 0.1) is 5.92 Å². The van der Waals surface area contributed by atoms with Gasteiger partial charge in [-0.25, -0.2) is 0 Å². The highest BCUT2D eigenvalue weighted by Gasteiger charge is 2.20. The second kappa shape index (κ2) is 6.86. The summed E-state index contributed by atoms with van der Waals surface area (Å²) in [6.07, 6.45) is 2.23. The highest BCUT2D eigenvalue weighted by Crippen LogP contribution is 2.12. The first kappa shape index (κ1) is 13.5. The number of carbonyl (C=O) groups excluding carboxylic acids is 1. The Labute approximate surface area is 98.8 Å². The van der Waals surface area contributed by atoms with E-state index in [0.717, 1.165) is 26.1 Å². The Morgan fingerprint density at radius 1 is 1.56 bits per heavy atom. The zero-order valence-corrected chi connectivity index (χ0v) is 10.8. The average Bonchev–Trinajstić information content (AvgIpc) is 2.68. The van der Waals surface area contributed by atoms with Gasteiger partial charge in [0.05, 0.1) is 6.04 Å². The summed E-state index contributed by atoms with van der Waals surface area (Å²) in [6.45, 7) is 8.05. The minimum atomic E-state index is -0.0718. The van der Waals surface area contributed by atoms with Crippen LogP contribution in [0.3, 0.4) is 0 Å². The minimum Gasteiger partial charge on any atom is -0.355 e. The van der Waals surface area contributed by atoms with Crippen molar-refractivity contribution in [1.29, 1.82) is 0 Å². The Morgan fingerprint density at radius 2 is 2.31 bits per heavy atom. The topological polar surface area (TPSA) is 44.4 Å². The largest absolute Gasteiger partial charge is 0.355 e. The van der Waals surface area contributed by atoms with Crippen LogP contribution in [0.2, 0.25) is 0 Å². The molecule has 1 saturated heterocycles. The molecule has 1 amide bonds. The van der Waals surface area contributed by atoms with Crippen LogP contribution in [-0.2, 0) is 4.79 Å². The Balaban J connectivity index is 2.14. The third-order valence-corrected chi connectivity index (χ3v) is 3.14. The molecule has 2 N–H and O–H groups in total. The number of nitrogens with one attached hydrogen (secondary N) is 2. The Bertz CT molecular complexity index is 220. The van der Waals surface area contributed by atoms with Crippen molar-refractivity contribution >= 4 is 5.91 Å². The van der Waals surface area contributed by atoms with Crippen molar-refractivity contribution in [2.24, 2.45) is 5.92 Å². The van der Waals surface area contributed by atoms with Crippen molar-refractivity contribution in [3.63, 3.8) is 0 Å². The number of hydrogen-bond acceptors (Lipinski definition) is 3. The monoisotopic (exact) mass is 227 g/mol. The van der Waals surface area contributed by atoms with Gasteiger partial charge in [0.15, 0.2) is 0 Å². The molecule has 1 rings (SSSR count). The number of nitrogens with zero attached hydrogens (tertiary/aromatic N) is 1. The standard InChI is InChI=1S/C12H25N3O/c1-4-6-13-12(16)10(2)14-8-11-5-7-15(3)9-11/h10-11,14H,4-9H2,1-3H3,(H,13,16). The molecule has 2 unspecified atom stereocenters. The van der Waals surface area contributed by atoms with E-state index in [9.17, 15) is 4.79 Å². The molecule has 0 spiro atoms. The fourth-order valence-corrected chi connectivity index (χ4v) is 2.03. The molecule has 0 saturated carbocycles. The maximum absolute atomic E-state index is 11.6. The third kappa shape index (κ3) is 4.49. The van der Waals surface area contributed by atoms with E-state index in [4.69, 9.17) is 0 Å². The molecule has 1 heterocycles. The Morgan fingerprint density at radius 3 is 2.88 bits per heavy atom. The van der Waals surface area contributed by atoms with Gasteiger partial charge in [0, 0.05) is 13.1 Å². The lowest BCUT2D eigenvalue weighted by Crippen LogP contribution is -2.44. The Kier molecular flexibility index (Phi) is 5.77. The van der Waals surface area contributed by atoms with E-state index in [1.807, 2.05) is 6.92 Å². The van der Waals surface area contributed by atoms with Gasteiger partial charge in [0.1, 0.15) is 0 Å². The van der Waals surface area contributed by atoms with Crippen molar-refractivity contribution in [2.45, 2.75) is 32.7 Å². The zero-order chi connectivity index (χ0) is 12.0. The maximum Gasteiger partial charge on any atom is 0.236 e. The van der Waals surface area contributed by atoms with Crippen LogP contribution in [-0.4, -0.2) is 50.1 Å². The molecule has 4 nitrogen and oxygen atoms in total. The lowest BCUT2D eigenvalue weighted by atomic mass is 10.1. The molecule has 1 aliphatic rings. The summed E-state index contributed by atoms with van der Waals surface area (Å²) in [4.78, 5) is 13.9. The number of amides is 1. The predicted molar refractivity (Wildman–Crippen MR) is 66.4 cm³/mol. The predicted octanol–water partition coefficient (Wildman–Crippen LogP) is 0.442. The molecular formula is C12H25N3O. The molecule has 4 heteroatoms. The molecule has 16 heavy (non-hydrogen) atoms. The van der Waals surface area contributed by atoms with E-state index >= 15 is 0 Å². The summed E-state index contributed by atoms with van der Waals surface area (Å²) < 4.78 is 0. The van der Waals surface area contributed by atoms with E-state index in [-0.39, 0.29) is 11.9 Å². The smallest absolute Gasteiger partial charge is 0.236 e. The molecule has 0 aromatic rings. The highest BCUT2D eigenvalue weighted by molar-refractivity contribution is 5.81. The number of hydrogen-bond donors (Lipinski definition) is 2. The van der Waals surface area contributed by atoms with Gasteiger partial charge in [-0.15, -0.1) is 0 Å². The number of rotatable bonds is 6. The van der Waals surface area contributed by atoms with Crippen LogP contribution in [0.4, 0.5) is 0 Å². The zero-order valence-electron chi connectivity index (χ0n) is 10.8. The quantitative estimate of drug-likeness (QED) is 0.692. The molecule has 2 atom stereocenters. The first-order chi connectivity index (χ1) is 7.63. The van der Waals surface area contributed by atoms with Crippen LogP contribution in [0.5, 0.6) is 0 Å². The van der Waals surface area contributed by atoms with Gasteiger partial charge in [-0.2, -0.15) is 0 Å². The van der Waals surface area contributed by atoms with E-state index in [0.29, 0.717) is 5.92 Å². The van der Waals surface area contributed by atoms with Crippen LogP contribution < -0.4 is 10.6 Å². The summed E-state index contributed by atoms with van der Waals surface area (Å²) in [5, 5.41) is 6.22. The second-order valence-electron chi connectivity index (χ2n) is 4.84. The van der Waals surface area contributed by atoms with Crippen molar-refractivity contribution in [1.82, 2.24) is 15.5 Å². The van der Waals surface area contributed by atoms with Crippen molar-refractivity contribution in [3.05, 3.63) is 0 Å². The normalized spacial score (nSPS) is 23.3. The van der Waals surface area contributed by atoms with Gasteiger partial charge in [0.2, 0.25) is 5.91 Å². The van der Waals surface area contributed by atoms with Crippen LogP contribution >= 0.6 is 0 Å².